The minimum Gasteiger partial charge on any atom is -0.455 e. The van der Waals surface area contributed by atoms with E-state index in [-0.39, 0.29) is 0 Å². The normalized spacial score (nSPS) is 11.6. The van der Waals surface area contributed by atoms with Gasteiger partial charge < -0.3 is 18.1 Å². The van der Waals surface area contributed by atoms with Gasteiger partial charge in [0.1, 0.15) is 34.1 Å². The van der Waals surface area contributed by atoms with Crippen molar-refractivity contribution in [1.82, 2.24) is 14.5 Å². The van der Waals surface area contributed by atoms with Crippen LogP contribution in [-0.2, 0) is 7.05 Å². The van der Waals surface area contributed by atoms with Crippen LogP contribution >= 0.6 is 0 Å². The van der Waals surface area contributed by atoms with Gasteiger partial charge in [-0.05, 0) is 54.6 Å². The largest absolute Gasteiger partial charge is 0.455 e. The highest BCUT2D eigenvalue weighted by Crippen LogP contribution is 2.45. The Hall–Kier alpha value is -6.34. The summed E-state index contributed by atoms with van der Waals surface area (Å²) in [5, 5.41) is 3.90. The number of hydrogen-bond donors (Lipinski definition) is 0. The highest BCUT2D eigenvalue weighted by atomic mass is 16.5. The van der Waals surface area contributed by atoms with E-state index in [9.17, 15) is 0 Å². The maximum absolute atomic E-state index is 6.87. The molecule has 7 heteroatoms. The molecule has 9 aromatic rings. The molecule has 0 spiro atoms. The zero-order chi connectivity index (χ0) is 30.6. The van der Waals surface area contributed by atoms with Gasteiger partial charge in [-0.3, -0.25) is 4.90 Å². The second-order valence-electron chi connectivity index (χ2n) is 11.2. The van der Waals surface area contributed by atoms with Crippen LogP contribution in [0.2, 0.25) is 0 Å². The predicted octanol–water partition coefficient (Wildman–Crippen LogP) is 10.5. The molecule has 5 aromatic carbocycles. The molecule has 0 aliphatic rings. The van der Waals surface area contributed by atoms with Crippen molar-refractivity contribution in [2.24, 2.45) is 7.05 Å². The lowest BCUT2D eigenvalue weighted by Crippen LogP contribution is -2.11. The third kappa shape index (κ3) is 4.21. The highest BCUT2D eigenvalue weighted by molar-refractivity contribution is 6.11. The zero-order valence-electron chi connectivity index (χ0n) is 24.8. The first-order chi connectivity index (χ1) is 22.7. The van der Waals surface area contributed by atoms with Crippen molar-refractivity contribution in [2.75, 3.05) is 4.90 Å². The fourth-order valence-electron chi connectivity index (χ4n) is 6.24. The molecule has 0 aliphatic carbocycles. The van der Waals surface area contributed by atoms with Crippen LogP contribution in [-0.4, -0.2) is 14.5 Å². The number of ether oxygens (including phenoxy) is 1. The van der Waals surface area contributed by atoms with Crippen LogP contribution in [0.1, 0.15) is 0 Å². The lowest BCUT2D eigenvalue weighted by Gasteiger charge is -2.24. The van der Waals surface area contributed by atoms with E-state index in [0.717, 1.165) is 66.9 Å². The van der Waals surface area contributed by atoms with Gasteiger partial charge in [-0.25, -0.2) is 9.97 Å². The monoisotopic (exact) mass is 598 g/mol. The van der Waals surface area contributed by atoms with Crippen LogP contribution in [0.5, 0.6) is 11.5 Å². The number of nitrogens with zero attached hydrogens (tertiary/aromatic N) is 4. The van der Waals surface area contributed by atoms with E-state index < -0.39 is 0 Å². The number of fused-ring (bicyclic) bond motifs is 6. The lowest BCUT2D eigenvalue weighted by molar-refractivity contribution is 0.477. The third-order valence-corrected chi connectivity index (χ3v) is 8.32. The Kier molecular flexibility index (Phi) is 5.89. The summed E-state index contributed by atoms with van der Waals surface area (Å²) in [5.41, 5.74) is 5.72. The number of benzene rings is 5. The van der Waals surface area contributed by atoms with Crippen LogP contribution in [0.25, 0.3) is 55.3 Å². The Balaban J connectivity index is 1.29. The number of para-hydroxylation sites is 3. The SMILES string of the molecule is Cn1ccnc1-c1cc(Oc2cc(N(c3ccccc3)c3ccccn3)cc3c2oc2ccccc23)cc2c1oc1ccccc12. The number of pyridine rings is 1. The molecule has 4 aromatic heterocycles. The number of furan rings is 2. The van der Waals surface area contributed by atoms with Crippen molar-refractivity contribution in [1.29, 1.82) is 0 Å². The molecule has 4 heterocycles. The van der Waals surface area contributed by atoms with Crippen LogP contribution in [0.15, 0.2) is 149 Å². The molecule has 0 saturated heterocycles. The van der Waals surface area contributed by atoms with Crippen LogP contribution in [0.4, 0.5) is 17.2 Å². The highest BCUT2D eigenvalue weighted by Gasteiger charge is 2.22. The van der Waals surface area contributed by atoms with E-state index in [4.69, 9.17) is 18.6 Å². The van der Waals surface area contributed by atoms with Gasteiger partial charge in [-0.15, -0.1) is 0 Å². The summed E-state index contributed by atoms with van der Waals surface area (Å²) >= 11 is 0. The Bertz CT molecular complexity index is 2490. The lowest BCUT2D eigenvalue weighted by atomic mass is 10.1. The Labute approximate surface area is 263 Å². The van der Waals surface area contributed by atoms with Crippen LogP contribution in [0, 0.1) is 0 Å². The second-order valence-corrected chi connectivity index (χ2v) is 11.2. The smallest absolute Gasteiger partial charge is 0.178 e. The van der Waals surface area contributed by atoms with Crippen molar-refractivity contribution < 1.29 is 13.6 Å². The van der Waals surface area contributed by atoms with Crippen molar-refractivity contribution in [2.45, 2.75) is 0 Å². The first-order valence-corrected chi connectivity index (χ1v) is 15.0. The Morgan fingerprint density at radius 2 is 1.30 bits per heavy atom. The maximum atomic E-state index is 6.87. The molecular weight excluding hydrogens is 572 g/mol. The van der Waals surface area contributed by atoms with E-state index >= 15 is 0 Å². The number of aromatic nitrogens is 3. The molecule has 0 aliphatic heterocycles. The number of imidazole rings is 1. The third-order valence-electron chi connectivity index (χ3n) is 8.32. The molecule has 9 rings (SSSR count). The molecule has 0 unspecified atom stereocenters. The summed E-state index contributed by atoms with van der Waals surface area (Å²) in [4.78, 5) is 11.5. The van der Waals surface area contributed by atoms with E-state index in [2.05, 4.69) is 40.2 Å². The Morgan fingerprint density at radius 3 is 2.02 bits per heavy atom. The summed E-state index contributed by atoms with van der Waals surface area (Å²) in [5.74, 6) is 2.79. The molecule has 0 N–H and O–H groups in total. The van der Waals surface area contributed by atoms with E-state index in [1.807, 2.05) is 109 Å². The molecule has 0 bridgehead atoms. The second kappa shape index (κ2) is 10.4. The molecule has 7 nitrogen and oxygen atoms in total. The average Bonchev–Trinajstić information content (AvgIpc) is 3.81. The van der Waals surface area contributed by atoms with E-state index in [1.165, 1.54) is 0 Å². The van der Waals surface area contributed by atoms with E-state index in [0.29, 0.717) is 17.1 Å². The van der Waals surface area contributed by atoms with Crippen molar-refractivity contribution >= 4 is 61.1 Å². The van der Waals surface area contributed by atoms with Gasteiger partial charge in [-0.1, -0.05) is 60.7 Å². The summed E-state index contributed by atoms with van der Waals surface area (Å²) in [6.07, 6.45) is 5.52. The van der Waals surface area contributed by atoms with Crippen molar-refractivity contribution in [3.05, 3.63) is 140 Å². The predicted molar refractivity (Wildman–Crippen MR) is 182 cm³/mol. The molecule has 46 heavy (non-hydrogen) atoms. The van der Waals surface area contributed by atoms with Crippen molar-refractivity contribution in [3.63, 3.8) is 0 Å². The first-order valence-electron chi connectivity index (χ1n) is 15.0. The molecule has 0 atom stereocenters. The summed E-state index contributed by atoms with van der Waals surface area (Å²) in [6, 6.07) is 40.4. The first kappa shape index (κ1) is 26.1. The van der Waals surface area contributed by atoms with Gasteiger partial charge >= 0.3 is 0 Å². The average molecular weight is 599 g/mol. The molecule has 220 valence electrons. The van der Waals surface area contributed by atoms with Crippen LogP contribution < -0.4 is 9.64 Å². The standard InChI is InChI=1S/C39H26N4O3/c1-42-20-19-41-39(42)32-24-27(23-31-29-14-6-7-15-33(29)45-37(31)32)44-35-22-26(21-30-28-13-5-8-16-34(28)46-38(30)35)43(25-11-3-2-4-12-25)36-17-9-10-18-40-36/h2-24H,1H3. The Morgan fingerprint density at radius 1 is 0.609 bits per heavy atom. The molecule has 0 radical (unpaired) electrons. The maximum Gasteiger partial charge on any atom is 0.178 e. The molecule has 0 fully saturated rings. The topological polar surface area (TPSA) is 69.5 Å². The quantitative estimate of drug-likeness (QED) is 0.190. The molecule has 0 saturated carbocycles. The fourth-order valence-corrected chi connectivity index (χ4v) is 6.24. The van der Waals surface area contributed by atoms with Gasteiger partial charge in [-0.2, -0.15) is 0 Å². The minimum absolute atomic E-state index is 0.582. The van der Waals surface area contributed by atoms with Gasteiger partial charge in [0.25, 0.3) is 0 Å². The van der Waals surface area contributed by atoms with Gasteiger partial charge in [0.15, 0.2) is 11.3 Å². The van der Waals surface area contributed by atoms with E-state index in [1.54, 1.807) is 12.4 Å². The van der Waals surface area contributed by atoms with Gasteiger partial charge in [0.2, 0.25) is 0 Å². The van der Waals surface area contributed by atoms with Gasteiger partial charge in [0.05, 0.1) is 11.3 Å². The summed E-state index contributed by atoms with van der Waals surface area (Å²) in [6.45, 7) is 0. The van der Waals surface area contributed by atoms with Crippen molar-refractivity contribution in [3.8, 4) is 22.9 Å². The summed E-state index contributed by atoms with van der Waals surface area (Å²) in [7, 11) is 1.97. The van der Waals surface area contributed by atoms with Crippen LogP contribution in [0.3, 0.4) is 0 Å². The summed E-state index contributed by atoms with van der Waals surface area (Å²) < 4.78 is 21.7. The zero-order valence-corrected chi connectivity index (χ0v) is 24.8. The number of hydrogen-bond acceptors (Lipinski definition) is 6. The molecule has 0 amide bonds. The van der Waals surface area contributed by atoms with Gasteiger partial charge in [0, 0.05) is 58.9 Å². The minimum atomic E-state index is 0.582. The number of anilines is 3. The fraction of sp³-hybridized carbons (Fsp3) is 0.0256. The number of aryl methyl sites for hydroxylation is 1. The number of rotatable bonds is 6. The molecular formula is C39H26N4O3.